The summed E-state index contributed by atoms with van der Waals surface area (Å²) in [5.74, 6) is -0.721. The van der Waals surface area contributed by atoms with Crippen LogP contribution in [0, 0.1) is 0 Å². The number of nitrogens with one attached hydrogen (secondary N) is 2. The number of anilines is 1. The fourth-order valence-electron chi connectivity index (χ4n) is 1.54. The zero-order chi connectivity index (χ0) is 16.1. The Balaban J connectivity index is 1.97. The third-order valence-electron chi connectivity index (χ3n) is 2.52. The van der Waals surface area contributed by atoms with Crippen molar-refractivity contribution in [1.29, 1.82) is 0 Å². The molecule has 1 heterocycles. The molecule has 0 atom stereocenters. The minimum Gasteiger partial charge on any atom is -0.308 e. The summed E-state index contributed by atoms with van der Waals surface area (Å²) in [7, 11) is 0. The minimum absolute atomic E-state index is 0.00912. The van der Waals surface area contributed by atoms with Crippen molar-refractivity contribution in [2.45, 2.75) is 6.54 Å². The molecule has 0 saturated carbocycles. The molecule has 0 bridgehead atoms. The molecular formula is C13H10Cl2N4O3. The van der Waals surface area contributed by atoms with E-state index in [1.165, 1.54) is 0 Å². The highest BCUT2D eigenvalue weighted by atomic mass is 35.5. The number of halogens is 2. The van der Waals surface area contributed by atoms with Gasteiger partial charge in [0, 0.05) is 5.69 Å². The van der Waals surface area contributed by atoms with Crippen molar-refractivity contribution in [3.8, 4) is 0 Å². The second-order valence-corrected chi connectivity index (χ2v) is 4.92. The van der Waals surface area contributed by atoms with E-state index < -0.39 is 24.0 Å². The van der Waals surface area contributed by atoms with Crippen molar-refractivity contribution < 1.29 is 9.59 Å². The molecular weight excluding hydrogens is 331 g/mol. The fraction of sp³-hybridized carbons (Fsp3) is 0.0769. The predicted octanol–water partition coefficient (Wildman–Crippen LogP) is 1.90. The third kappa shape index (κ3) is 4.06. The first-order valence-corrected chi connectivity index (χ1v) is 6.80. The summed E-state index contributed by atoms with van der Waals surface area (Å²) in [6.45, 7) is -0.460. The van der Waals surface area contributed by atoms with Gasteiger partial charge in [-0.2, -0.15) is 5.10 Å². The van der Waals surface area contributed by atoms with Crippen molar-refractivity contribution in [3.63, 3.8) is 0 Å². The first-order chi connectivity index (χ1) is 10.5. The van der Waals surface area contributed by atoms with E-state index in [-0.39, 0.29) is 10.0 Å². The van der Waals surface area contributed by atoms with Crippen molar-refractivity contribution in [1.82, 2.24) is 15.1 Å². The summed E-state index contributed by atoms with van der Waals surface area (Å²) in [6.07, 6.45) is 1.14. The highest BCUT2D eigenvalue weighted by molar-refractivity contribution is 6.41. The number of benzene rings is 1. The zero-order valence-corrected chi connectivity index (χ0v) is 12.6. The number of carbonyl (C=O) groups excluding carboxylic acids is 2. The molecule has 0 fully saturated rings. The van der Waals surface area contributed by atoms with Crippen LogP contribution in [0.5, 0.6) is 0 Å². The molecule has 0 unspecified atom stereocenters. The van der Waals surface area contributed by atoms with Crippen LogP contribution in [-0.2, 0) is 11.3 Å². The molecule has 1 aromatic carbocycles. The molecule has 3 amide bonds. The first kappa shape index (κ1) is 16.0. The van der Waals surface area contributed by atoms with Crippen LogP contribution in [0.1, 0.15) is 0 Å². The number of imide groups is 1. The molecule has 0 aliphatic carbocycles. The largest absolute Gasteiger partial charge is 0.325 e. The van der Waals surface area contributed by atoms with Gasteiger partial charge in [0.2, 0.25) is 5.91 Å². The first-order valence-electron chi connectivity index (χ1n) is 6.04. The van der Waals surface area contributed by atoms with Crippen molar-refractivity contribution in [3.05, 3.63) is 56.9 Å². The van der Waals surface area contributed by atoms with E-state index >= 15 is 0 Å². The number of rotatable bonds is 3. The van der Waals surface area contributed by atoms with E-state index in [9.17, 15) is 14.4 Å². The maximum atomic E-state index is 11.7. The second kappa shape index (κ2) is 7.06. The van der Waals surface area contributed by atoms with E-state index in [0.717, 1.165) is 10.9 Å². The molecule has 114 valence electrons. The molecule has 7 nitrogen and oxygen atoms in total. The molecule has 1 aromatic heterocycles. The zero-order valence-electron chi connectivity index (χ0n) is 11.0. The number of urea groups is 1. The van der Waals surface area contributed by atoms with Gasteiger partial charge in [0.25, 0.3) is 5.56 Å². The van der Waals surface area contributed by atoms with Gasteiger partial charge in [-0.3, -0.25) is 14.9 Å². The van der Waals surface area contributed by atoms with Gasteiger partial charge in [0.05, 0.1) is 11.2 Å². The van der Waals surface area contributed by atoms with Crippen LogP contribution < -0.4 is 16.2 Å². The summed E-state index contributed by atoms with van der Waals surface area (Å²) >= 11 is 11.3. The Kier molecular flexibility index (Phi) is 5.13. The van der Waals surface area contributed by atoms with Crippen molar-refractivity contribution >= 4 is 40.8 Å². The van der Waals surface area contributed by atoms with E-state index in [1.54, 1.807) is 30.3 Å². The third-order valence-corrected chi connectivity index (χ3v) is 3.27. The number of aromatic nitrogens is 2. The highest BCUT2D eigenvalue weighted by Gasteiger charge is 2.13. The number of hydrogen-bond donors (Lipinski definition) is 2. The minimum atomic E-state index is -0.721. The molecule has 2 aromatic rings. The summed E-state index contributed by atoms with van der Waals surface area (Å²) < 4.78 is 0.805. The molecule has 0 radical (unpaired) electrons. The van der Waals surface area contributed by atoms with Gasteiger partial charge < -0.3 is 5.32 Å². The van der Waals surface area contributed by atoms with Crippen molar-refractivity contribution in [2.24, 2.45) is 0 Å². The van der Waals surface area contributed by atoms with Gasteiger partial charge in [-0.05, 0) is 12.1 Å². The number of amides is 3. The van der Waals surface area contributed by atoms with Gasteiger partial charge >= 0.3 is 6.03 Å². The van der Waals surface area contributed by atoms with Crippen molar-refractivity contribution in [2.75, 3.05) is 5.32 Å². The standard InChI is InChI=1S/C13H10Cl2N4O3/c14-9-6-16-19(12(21)11(9)15)7-10(20)18-13(22)17-8-4-2-1-3-5-8/h1-6H,7H2,(H2,17,18,20,22). The van der Waals surface area contributed by atoms with E-state index in [1.807, 2.05) is 0 Å². The molecule has 9 heteroatoms. The average molecular weight is 341 g/mol. The Morgan fingerprint density at radius 3 is 2.55 bits per heavy atom. The molecule has 0 aliphatic rings. The van der Waals surface area contributed by atoms with Crippen LogP contribution in [0.25, 0.3) is 0 Å². The number of hydrogen-bond acceptors (Lipinski definition) is 4. The van der Waals surface area contributed by atoms with E-state index in [4.69, 9.17) is 23.2 Å². The Bertz CT molecular complexity index is 762. The predicted molar refractivity (Wildman–Crippen MR) is 82.1 cm³/mol. The number of para-hydroxylation sites is 1. The van der Waals surface area contributed by atoms with Crippen LogP contribution in [0.4, 0.5) is 10.5 Å². The summed E-state index contributed by atoms with van der Waals surface area (Å²) in [5, 5.41) is 7.96. The van der Waals surface area contributed by atoms with Gasteiger partial charge in [0.1, 0.15) is 11.6 Å². The maximum absolute atomic E-state index is 11.7. The summed E-state index contributed by atoms with van der Waals surface area (Å²) in [4.78, 5) is 35.0. The normalized spacial score (nSPS) is 10.1. The van der Waals surface area contributed by atoms with Gasteiger partial charge in [-0.25, -0.2) is 9.48 Å². The van der Waals surface area contributed by atoms with Crippen LogP contribution in [0.15, 0.2) is 41.3 Å². The van der Waals surface area contributed by atoms with Gasteiger partial charge in [0.15, 0.2) is 0 Å². The Labute approximate surface area is 134 Å². The van der Waals surface area contributed by atoms with Crippen LogP contribution in [0.2, 0.25) is 10.0 Å². The molecule has 0 saturated heterocycles. The lowest BCUT2D eigenvalue weighted by atomic mass is 10.3. The number of nitrogens with zero attached hydrogens (tertiary/aromatic N) is 2. The number of carbonyl (C=O) groups is 2. The van der Waals surface area contributed by atoms with Crippen LogP contribution in [0.3, 0.4) is 0 Å². The Hall–Kier alpha value is -2.38. The molecule has 22 heavy (non-hydrogen) atoms. The average Bonchev–Trinajstić information content (AvgIpc) is 2.49. The molecule has 0 aliphatic heterocycles. The van der Waals surface area contributed by atoms with Crippen LogP contribution in [-0.4, -0.2) is 21.7 Å². The lowest BCUT2D eigenvalue weighted by Gasteiger charge is -2.07. The monoisotopic (exact) mass is 340 g/mol. The SMILES string of the molecule is O=C(Cn1ncc(Cl)c(Cl)c1=O)NC(=O)Nc1ccccc1. The Morgan fingerprint density at radius 1 is 1.18 bits per heavy atom. The van der Waals surface area contributed by atoms with Gasteiger partial charge in [-0.15, -0.1) is 0 Å². The fourth-order valence-corrected chi connectivity index (χ4v) is 1.81. The Morgan fingerprint density at radius 2 is 1.86 bits per heavy atom. The smallest absolute Gasteiger partial charge is 0.308 e. The summed E-state index contributed by atoms with van der Waals surface area (Å²) in [6, 6.07) is 7.86. The maximum Gasteiger partial charge on any atom is 0.325 e. The molecule has 2 rings (SSSR count). The second-order valence-electron chi connectivity index (χ2n) is 4.14. The topological polar surface area (TPSA) is 93.1 Å². The molecule has 2 N–H and O–H groups in total. The van der Waals surface area contributed by atoms with E-state index in [0.29, 0.717) is 5.69 Å². The lowest BCUT2D eigenvalue weighted by molar-refractivity contribution is -0.120. The van der Waals surface area contributed by atoms with E-state index in [2.05, 4.69) is 15.7 Å². The van der Waals surface area contributed by atoms with Crippen LogP contribution >= 0.6 is 23.2 Å². The molecule has 0 spiro atoms. The quantitative estimate of drug-likeness (QED) is 0.892. The highest BCUT2D eigenvalue weighted by Crippen LogP contribution is 2.14. The van der Waals surface area contributed by atoms with Gasteiger partial charge in [-0.1, -0.05) is 41.4 Å². The summed E-state index contributed by atoms with van der Waals surface area (Å²) in [5.41, 5.74) is -0.189. The lowest BCUT2D eigenvalue weighted by Crippen LogP contribution is -2.39.